The molecule has 9 heteroatoms. The maximum Gasteiger partial charge on any atom is 0.313 e. The third-order valence-electron chi connectivity index (χ3n) is 4.21. The van der Waals surface area contributed by atoms with Gasteiger partial charge in [0.05, 0.1) is 4.92 Å². The molecule has 8 nitrogen and oxygen atoms in total. The lowest BCUT2D eigenvalue weighted by atomic mass is 9.89. The van der Waals surface area contributed by atoms with E-state index in [0.717, 1.165) is 0 Å². The van der Waals surface area contributed by atoms with Gasteiger partial charge in [0, 0.05) is 16.7 Å². The molecule has 29 heavy (non-hydrogen) atoms. The second-order valence-electron chi connectivity index (χ2n) is 7.24. The van der Waals surface area contributed by atoms with Crippen LogP contribution in [0.3, 0.4) is 0 Å². The molecule has 2 rings (SSSR count). The lowest BCUT2D eigenvalue weighted by Crippen LogP contribution is -2.56. The monoisotopic (exact) mass is 419 g/mol. The van der Waals surface area contributed by atoms with Crippen LogP contribution in [0.15, 0.2) is 42.5 Å². The number of nitrogens with two attached hydrogens (primary N) is 1. The van der Waals surface area contributed by atoms with E-state index in [9.17, 15) is 19.7 Å². The first-order chi connectivity index (χ1) is 13.5. The van der Waals surface area contributed by atoms with Crippen LogP contribution in [0, 0.1) is 16.0 Å². The maximum atomic E-state index is 12.5. The predicted molar refractivity (Wildman–Crippen MR) is 109 cm³/mol. The molecule has 0 aliphatic rings. The van der Waals surface area contributed by atoms with Crippen LogP contribution < -0.4 is 15.8 Å². The topological polar surface area (TPSA) is 125 Å². The largest absolute Gasteiger partial charge is 0.450 e. The van der Waals surface area contributed by atoms with Crippen LogP contribution in [0.5, 0.6) is 11.5 Å². The second-order valence-corrected chi connectivity index (χ2v) is 7.68. The van der Waals surface area contributed by atoms with Crippen molar-refractivity contribution in [1.29, 1.82) is 0 Å². The van der Waals surface area contributed by atoms with Gasteiger partial charge in [-0.2, -0.15) is 0 Å². The van der Waals surface area contributed by atoms with Crippen molar-refractivity contribution in [3.63, 3.8) is 0 Å². The minimum atomic E-state index is -1.18. The first-order valence-corrected chi connectivity index (χ1v) is 9.24. The first-order valence-electron chi connectivity index (χ1n) is 8.86. The molecule has 2 amide bonds. The number of carbonyl (C=O) groups is 2. The number of carbonyl (C=O) groups excluding carboxylic acids is 2. The summed E-state index contributed by atoms with van der Waals surface area (Å²) in [5.74, 6) is -0.606. The van der Waals surface area contributed by atoms with E-state index in [1.807, 2.05) is 13.8 Å². The fourth-order valence-electron chi connectivity index (χ4n) is 2.87. The Bertz CT molecular complexity index is 930. The van der Waals surface area contributed by atoms with E-state index >= 15 is 0 Å². The van der Waals surface area contributed by atoms with Gasteiger partial charge in [-0.05, 0) is 55.7 Å². The van der Waals surface area contributed by atoms with Crippen molar-refractivity contribution in [2.24, 2.45) is 11.7 Å². The van der Waals surface area contributed by atoms with Gasteiger partial charge in [0.2, 0.25) is 11.7 Å². The van der Waals surface area contributed by atoms with E-state index in [4.69, 9.17) is 22.1 Å². The summed E-state index contributed by atoms with van der Waals surface area (Å²) in [5.41, 5.74) is 4.31. The van der Waals surface area contributed by atoms with Crippen LogP contribution in [0.25, 0.3) is 0 Å². The van der Waals surface area contributed by atoms with E-state index in [0.29, 0.717) is 17.7 Å². The summed E-state index contributed by atoms with van der Waals surface area (Å²) in [6.45, 7) is 5.44. The summed E-state index contributed by atoms with van der Waals surface area (Å²) < 4.78 is 5.55. The van der Waals surface area contributed by atoms with Crippen molar-refractivity contribution in [2.45, 2.75) is 32.7 Å². The van der Waals surface area contributed by atoms with Crippen molar-refractivity contribution in [2.75, 3.05) is 0 Å². The Morgan fingerprint density at radius 1 is 1.24 bits per heavy atom. The fourth-order valence-corrected chi connectivity index (χ4v) is 3.04. The van der Waals surface area contributed by atoms with Crippen LogP contribution >= 0.6 is 11.6 Å². The van der Waals surface area contributed by atoms with Crippen LogP contribution in [0.1, 0.15) is 37.6 Å². The zero-order valence-electron chi connectivity index (χ0n) is 16.3. The van der Waals surface area contributed by atoms with Crippen molar-refractivity contribution in [3.05, 3.63) is 63.2 Å². The highest BCUT2D eigenvalue weighted by atomic mass is 35.5. The molecule has 0 aliphatic carbocycles. The minimum Gasteiger partial charge on any atom is -0.450 e. The van der Waals surface area contributed by atoms with Gasteiger partial charge in [0.15, 0.2) is 0 Å². The number of benzene rings is 2. The van der Waals surface area contributed by atoms with Crippen LogP contribution in [0.2, 0.25) is 5.02 Å². The number of amides is 2. The summed E-state index contributed by atoms with van der Waals surface area (Å²) in [4.78, 5) is 34.9. The molecule has 1 unspecified atom stereocenters. The molecule has 3 N–H and O–H groups in total. The summed E-state index contributed by atoms with van der Waals surface area (Å²) in [5, 5.41) is 14.0. The van der Waals surface area contributed by atoms with E-state index in [1.54, 1.807) is 6.92 Å². The third-order valence-corrected chi connectivity index (χ3v) is 4.45. The Balaban J connectivity index is 2.17. The molecule has 2 aromatic rings. The zero-order valence-corrected chi connectivity index (χ0v) is 17.0. The molecule has 1 atom stereocenters. The standard InChI is InChI=1S/C20H22ClN3O5/c1-12(2)11-20(3,19(22)26)23-18(25)13-4-7-15(8-5-13)29-17-9-6-14(21)10-16(17)24(27)28/h4-10,12H,11H2,1-3H3,(H2,22,26)(H,23,25). The van der Waals surface area contributed by atoms with Gasteiger partial charge in [0.25, 0.3) is 5.91 Å². The molecule has 0 aliphatic heterocycles. The first kappa shape index (κ1) is 22.2. The number of nitro groups is 1. The Kier molecular flexibility index (Phi) is 6.81. The van der Waals surface area contributed by atoms with Crippen molar-refractivity contribution in [1.82, 2.24) is 5.32 Å². The number of rotatable bonds is 8. The van der Waals surface area contributed by atoms with Crippen LogP contribution in [-0.2, 0) is 4.79 Å². The smallest absolute Gasteiger partial charge is 0.313 e. The number of nitrogens with one attached hydrogen (secondary N) is 1. The molecule has 0 fully saturated rings. The fraction of sp³-hybridized carbons (Fsp3) is 0.300. The highest BCUT2D eigenvalue weighted by Crippen LogP contribution is 2.33. The van der Waals surface area contributed by atoms with E-state index in [2.05, 4.69) is 5.32 Å². The number of hydrogen-bond donors (Lipinski definition) is 2. The highest BCUT2D eigenvalue weighted by molar-refractivity contribution is 6.30. The van der Waals surface area contributed by atoms with Crippen molar-refractivity contribution < 1.29 is 19.2 Å². The predicted octanol–water partition coefficient (Wildman–Crippen LogP) is 4.06. The molecule has 0 aromatic heterocycles. The average Bonchev–Trinajstić information content (AvgIpc) is 2.62. The molecular formula is C20H22ClN3O5. The zero-order chi connectivity index (χ0) is 21.8. The van der Waals surface area contributed by atoms with E-state index in [-0.39, 0.29) is 22.4 Å². The molecule has 2 aromatic carbocycles. The number of halogens is 1. The third kappa shape index (κ3) is 5.68. The summed E-state index contributed by atoms with van der Waals surface area (Å²) >= 11 is 5.79. The van der Waals surface area contributed by atoms with Gasteiger partial charge in [-0.25, -0.2) is 0 Å². The second kappa shape index (κ2) is 8.91. The molecule has 0 saturated carbocycles. The maximum absolute atomic E-state index is 12.5. The van der Waals surface area contributed by atoms with Crippen molar-refractivity contribution in [3.8, 4) is 11.5 Å². The molecule has 0 radical (unpaired) electrons. The molecule has 0 heterocycles. The molecule has 154 valence electrons. The Hall–Kier alpha value is -3.13. The lowest BCUT2D eigenvalue weighted by Gasteiger charge is -2.29. The van der Waals surface area contributed by atoms with Crippen LogP contribution in [0.4, 0.5) is 5.69 Å². The number of primary amides is 1. The SMILES string of the molecule is CC(C)CC(C)(NC(=O)c1ccc(Oc2ccc(Cl)cc2[N+](=O)[O-])cc1)C(N)=O. The van der Waals surface area contributed by atoms with Gasteiger partial charge in [-0.3, -0.25) is 19.7 Å². The number of nitro benzene ring substituents is 1. The van der Waals surface area contributed by atoms with Crippen molar-refractivity contribution >= 4 is 29.1 Å². The number of ether oxygens (including phenoxy) is 1. The summed E-state index contributed by atoms with van der Waals surface area (Å²) in [6.07, 6.45) is 0.398. The Morgan fingerprint density at radius 2 is 1.86 bits per heavy atom. The van der Waals surface area contributed by atoms with Gasteiger partial charge >= 0.3 is 5.69 Å². The van der Waals surface area contributed by atoms with E-state index in [1.165, 1.54) is 42.5 Å². The molecular weight excluding hydrogens is 398 g/mol. The minimum absolute atomic E-state index is 0.0230. The van der Waals surface area contributed by atoms with Gasteiger partial charge in [-0.1, -0.05) is 25.4 Å². The van der Waals surface area contributed by atoms with Gasteiger partial charge in [0.1, 0.15) is 11.3 Å². The molecule has 0 saturated heterocycles. The highest BCUT2D eigenvalue weighted by Gasteiger charge is 2.33. The summed E-state index contributed by atoms with van der Waals surface area (Å²) in [7, 11) is 0. The number of hydrogen-bond acceptors (Lipinski definition) is 5. The van der Waals surface area contributed by atoms with Crippen LogP contribution in [-0.4, -0.2) is 22.3 Å². The molecule has 0 bridgehead atoms. The average molecular weight is 420 g/mol. The Morgan fingerprint density at radius 3 is 2.38 bits per heavy atom. The number of nitrogens with zero attached hydrogens (tertiary/aromatic N) is 1. The lowest BCUT2D eigenvalue weighted by molar-refractivity contribution is -0.385. The molecule has 0 spiro atoms. The van der Waals surface area contributed by atoms with Gasteiger partial charge in [-0.15, -0.1) is 0 Å². The normalized spacial score (nSPS) is 12.9. The van der Waals surface area contributed by atoms with E-state index < -0.39 is 22.3 Å². The van der Waals surface area contributed by atoms with Gasteiger partial charge < -0.3 is 15.8 Å². The quantitative estimate of drug-likeness (QED) is 0.493. The summed E-state index contributed by atoms with van der Waals surface area (Å²) in [6, 6.07) is 10.0. The Labute approximate surface area is 173 Å².